The second-order valence-electron chi connectivity index (χ2n) is 6.23. The molecular formula is C20H23N3O. The molecule has 0 aliphatic heterocycles. The van der Waals surface area contributed by atoms with Gasteiger partial charge in [0.15, 0.2) is 0 Å². The van der Waals surface area contributed by atoms with Crippen LogP contribution in [-0.2, 0) is 6.54 Å². The molecule has 1 N–H and O–H groups in total. The molecule has 1 aromatic carbocycles. The van der Waals surface area contributed by atoms with Crippen LogP contribution in [0.4, 0.5) is 5.69 Å². The Balaban J connectivity index is 1.77. The van der Waals surface area contributed by atoms with Gasteiger partial charge < -0.3 is 5.32 Å². The first-order valence-corrected chi connectivity index (χ1v) is 8.40. The lowest BCUT2D eigenvalue weighted by Crippen LogP contribution is -2.18. The van der Waals surface area contributed by atoms with Gasteiger partial charge in [-0.2, -0.15) is 0 Å². The lowest BCUT2D eigenvalue weighted by molar-refractivity contribution is 0.734. The number of pyridine rings is 1. The molecule has 0 bridgehead atoms. The van der Waals surface area contributed by atoms with E-state index in [4.69, 9.17) is 0 Å². The lowest BCUT2D eigenvalue weighted by atomic mass is 9.99. The first kappa shape index (κ1) is 16.2. The fraction of sp³-hybridized carbons (Fsp3) is 0.300. The molecule has 0 aliphatic carbocycles. The van der Waals surface area contributed by atoms with Crippen molar-refractivity contribution in [2.24, 2.45) is 0 Å². The van der Waals surface area contributed by atoms with E-state index in [1.165, 1.54) is 5.56 Å². The maximum absolute atomic E-state index is 12.3. The van der Waals surface area contributed by atoms with Crippen molar-refractivity contribution in [1.82, 2.24) is 9.38 Å². The maximum Gasteiger partial charge on any atom is 0.258 e. The van der Waals surface area contributed by atoms with Crippen molar-refractivity contribution in [2.75, 3.05) is 5.32 Å². The number of nitrogens with zero attached hydrogens (tertiary/aromatic N) is 2. The molecule has 0 unspecified atom stereocenters. The van der Waals surface area contributed by atoms with Crippen molar-refractivity contribution < 1.29 is 0 Å². The number of aryl methyl sites for hydroxylation is 1. The molecule has 124 valence electrons. The first-order chi connectivity index (χ1) is 11.6. The molecular weight excluding hydrogens is 298 g/mol. The van der Waals surface area contributed by atoms with Crippen molar-refractivity contribution in [2.45, 2.75) is 39.7 Å². The number of aromatic nitrogens is 2. The van der Waals surface area contributed by atoms with E-state index in [0.29, 0.717) is 18.1 Å². The summed E-state index contributed by atoms with van der Waals surface area (Å²) >= 11 is 0. The minimum Gasteiger partial charge on any atom is -0.379 e. The van der Waals surface area contributed by atoms with Crippen LogP contribution in [0.15, 0.2) is 53.3 Å². The summed E-state index contributed by atoms with van der Waals surface area (Å²) in [6.07, 6.45) is 1.14. The number of fused-ring (bicyclic) bond motifs is 1. The molecule has 0 aliphatic rings. The van der Waals surface area contributed by atoms with Crippen LogP contribution in [0.2, 0.25) is 0 Å². The molecule has 0 saturated carbocycles. The van der Waals surface area contributed by atoms with Gasteiger partial charge in [-0.1, -0.05) is 32.0 Å². The van der Waals surface area contributed by atoms with Crippen molar-refractivity contribution in [3.8, 4) is 0 Å². The Morgan fingerprint density at radius 1 is 1.17 bits per heavy atom. The van der Waals surface area contributed by atoms with Crippen LogP contribution in [0.1, 0.15) is 43.1 Å². The van der Waals surface area contributed by atoms with Gasteiger partial charge >= 0.3 is 0 Å². The van der Waals surface area contributed by atoms with Gasteiger partial charge in [0.1, 0.15) is 5.65 Å². The average molecular weight is 321 g/mol. The molecule has 0 amide bonds. The highest BCUT2D eigenvalue weighted by atomic mass is 16.1. The summed E-state index contributed by atoms with van der Waals surface area (Å²) in [4.78, 5) is 16.9. The van der Waals surface area contributed by atoms with Crippen LogP contribution in [0, 0.1) is 6.92 Å². The smallest absolute Gasteiger partial charge is 0.258 e. The molecule has 0 radical (unpaired) electrons. The highest BCUT2D eigenvalue weighted by Crippen LogP contribution is 2.20. The highest BCUT2D eigenvalue weighted by Gasteiger charge is 2.05. The number of hydrogen-bond acceptors (Lipinski definition) is 3. The number of rotatable bonds is 5. The molecule has 4 heteroatoms. The van der Waals surface area contributed by atoms with Crippen molar-refractivity contribution >= 4 is 11.3 Å². The molecule has 0 saturated heterocycles. The summed E-state index contributed by atoms with van der Waals surface area (Å²) in [6.45, 7) is 6.87. The van der Waals surface area contributed by atoms with Crippen molar-refractivity contribution in [3.63, 3.8) is 0 Å². The van der Waals surface area contributed by atoms with Crippen LogP contribution >= 0.6 is 0 Å². The Kier molecular flexibility index (Phi) is 4.65. The van der Waals surface area contributed by atoms with Gasteiger partial charge in [0.2, 0.25) is 0 Å². The summed E-state index contributed by atoms with van der Waals surface area (Å²) in [5.41, 5.74) is 4.67. The zero-order valence-electron chi connectivity index (χ0n) is 14.4. The Morgan fingerprint density at radius 2 is 1.92 bits per heavy atom. The minimum atomic E-state index is -0.0398. The lowest BCUT2D eigenvalue weighted by Gasteiger charge is -2.11. The van der Waals surface area contributed by atoms with Crippen LogP contribution in [0.25, 0.3) is 5.65 Å². The van der Waals surface area contributed by atoms with Crippen molar-refractivity contribution in [3.05, 3.63) is 75.8 Å². The average Bonchev–Trinajstić information content (AvgIpc) is 2.59. The predicted octanol–water partition coefficient (Wildman–Crippen LogP) is 4.13. The van der Waals surface area contributed by atoms with Gasteiger partial charge in [-0.25, -0.2) is 4.98 Å². The van der Waals surface area contributed by atoms with E-state index < -0.39 is 0 Å². The highest BCUT2D eigenvalue weighted by molar-refractivity contribution is 5.46. The minimum absolute atomic E-state index is 0.0398. The van der Waals surface area contributed by atoms with Crippen LogP contribution in [0.3, 0.4) is 0 Å². The number of benzene rings is 1. The third-order valence-electron chi connectivity index (χ3n) is 4.50. The molecule has 1 atom stereocenters. The van der Waals surface area contributed by atoms with Gasteiger partial charge in [-0.05, 0) is 49.1 Å². The Bertz CT molecular complexity index is 897. The summed E-state index contributed by atoms with van der Waals surface area (Å²) in [7, 11) is 0. The van der Waals surface area contributed by atoms with E-state index in [1.54, 1.807) is 10.5 Å². The number of hydrogen-bond donors (Lipinski definition) is 1. The van der Waals surface area contributed by atoms with Gasteiger partial charge in [0.05, 0.1) is 12.2 Å². The second-order valence-corrected chi connectivity index (χ2v) is 6.23. The fourth-order valence-corrected chi connectivity index (χ4v) is 2.81. The van der Waals surface area contributed by atoms with E-state index in [-0.39, 0.29) is 5.56 Å². The molecule has 3 aromatic rings. The molecule has 24 heavy (non-hydrogen) atoms. The van der Waals surface area contributed by atoms with Gasteiger partial charge in [-0.3, -0.25) is 9.20 Å². The Labute approximate surface area is 142 Å². The van der Waals surface area contributed by atoms with E-state index in [0.717, 1.165) is 23.5 Å². The SMILES string of the molecule is CC[C@@H](C)c1ccc(NCc2cc(=O)n3c(C)cccc3n2)cc1. The van der Waals surface area contributed by atoms with E-state index in [9.17, 15) is 4.79 Å². The molecule has 2 heterocycles. The normalized spacial score (nSPS) is 12.3. The molecule has 3 rings (SSSR count). The zero-order valence-corrected chi connectivity index (χ0v) is 14.4. The van der Waals surface area contributed by atoms with Crippen LogP contribution in [0.5, 0.6) is 0 Å². The second kappa shape index (κ2) is 6.87. The maximum atomic E-state index is 12.3. The van der Waals surface area contributed by atoms with E-state index in [2.05, 4.69) is 48.4 Å². The predicted molar refractivity (Wildman–Crippen MR) is 98.7 cm³/mol. The Morgan fingerprint density at radius 3 is 2.62 bits per heavy atom. The third kappa shape index (κ3) is 3.32. The first-order valence-electron chi connectivity index (χ1n) is 8.40. The molecule has 0 fully saturated rings. The standard InChI is InChI=1S/C20H23N3O/c1-4-14(2)16-8-10-17(11-9-16)21-13-18-12-20(24)23-15(3)6-5-7-19(23)22-18/h5-12,14,21H,4,13H2,1-3H3/t14-/m1/s1. The van der Waals surface area contributed by atoms with Gasteiger partial charge in [-0.15, -0.1) is 0 Å². The van der Waals surface area contributed by atoms with Crippen LogP contribution in [-0.4, -0.2) is 9.38 Å². The Hall–Kier alpha value is -2.62. The number of nitrogens with one attached hydrogen (secondary N) is 1. The van der Waals surface area contributed by atoms with Crippen LogP contribution < -0.4 is 10.9 Å². The summed E-state index contributed by atoms with van der Waals surface area (Å²) < 4.78 is 1.63. The third-order valence-corrected chi connectivity index (χ3v) is 4.50. The van der Waals surface area contributed by atoms with E-state index >= 15 is 0 Å². The molecule has 4 nitrogen and oxygen atoms in total. The number of anilines is 1. The molecule has 0 spiro atoms. The summed E-state index contributed by atoms with van der Waals surface area (Å²) in [5, 5.41) is 3.34. The largest absolute Gasteiger partial charge is 0.379 e. The zero-order chi connectivity index (χ0) is 17.1. The van der Waals surface area contributed by atoms with Gasteiger partial charge in [0.25, 0.3) is 5.56 Å². The van der Waals surface area contributed by atoms with Gasteiger partial charge in [0, 0.05) is 17.4 Å². The summed E-state index contributed by atoms with van der Waals surface area (Å²) in [6, 6.07) is 15.8. The van der Waals surface area contributed by atoms with Crippen molar-refractivity contribution in [1.29, 1.82) is 0 Å². The fourth-order valence-electron chi connectivity index (χ4n) is 2.81. The summed E-state index contributed by atoms with van der Waals surface area (Å²) in [5.74, 6) is 0.574. The molecule has 2 aromatic heterocycles. The monoisotopic (exact) mass is 321 g/mol. The van der Waals surface area contributed by atoms with E-state index in [1.807, 2.05) is 25.1 Å². The quantitative estimate of drug-likeness (QED) is 0.768. The topological polar surface area (TPSA) is 46.4 Å².